The highest BCUT2D eigenvalue weighted by molar-refractivity contribution is 7.89. The van der Waals surface area contributed by atoms with E-state index in [1.807, 2.05) is 37.3 Å². The summed E-state index contributed by atoms with van der Waals surface area (Å²) in [6.45, 7) is 2.18. The Bertz CT molecular complexity index is 662. The van der Waals surface area contributed by atoms with Crippen molar-refractivity contribution >= 4 is 15.7 Å². The van der Waals surface area contributed by atoms with Crippen molar-refractivity contribution in [2.24, 2.45) is 0 Å². The highest BCUT2D eigenvalue weighted by atomic mass is 32.2. The van der Waals surface area contributed by atoms with Gasteiger partial charge in [0.25, 0.3) is 0 Å². The van der Waals surface area contributed by atoms with Crippen LogP contribution >= 0.6 is 0 Å². The molecule has 2 rings (SSSR count). The highest BCUT2D eigenvalue weighted by Gasteiger charge is 2.14. The minimum absolute atomic E-state index is 0.211. The first kappa shape index (κ1) is 14.6. The number of anilines is 1. The third kappa shape index (κ3) is 3.82. The average molecular weight is 290 g/mol. The molecule has 2 aromatic carbocycles. The molecule has 0 saturated heterocycles. The topological polar surface area (TPSA) is 72.2 Å². The highest BCUT2D eigenvalue weighted by Crippen LogP contribution is 2.16. The second kappa shape index (κ2) is 6.07. The summed E-state index contributed by atoms with van der Waals surface area (Å²) in [4.78, 5) is 0.211. The van der Waals surface area contributed by atoms with Gasteiger partial charge in [0.05, 0.1) is 4.90 Å². The maximum Gasteiger partial charge on any atom is 0.240 e. The number of nitrogen functional groups attached to an aromatic ring is 1. The Hall–Kier alpha value is -1.85. The molecule has 0 spiro atoms. The Kier molecular flexibility index (Phi) is 4.42. The van der Waals surface area contributed by atoms with Crippen LogP contribution in [0.4, 0.5) is 5.69 Å². The summed E-state index contributed by atoms with van der Waals surface area (Å²) in [6, 6.07) is 14.6. The van der Waals surface area contributed by atoms with Gasteiger partial charge in [-0.25, -0.2) is 13.1 Å². The lowest BCUT2D eigenvalue weighted by Crippen LogP contribution is -2.26. The number of hydrogen-bond donors (Lipinski definition) is 2. The quantitative estimate of drug-likeness (QED) is 0.828. The summed E-state index contributed by atoms with van der Waals surface area (Å²) >= 11 is 0. The van der Waals surface area contributed by atoms with Crippen LogP contribution in [0.2, 0.25) is 0 Å². The molecule has 0 saturated carbocycles. The van der Waals surface area contributed by atoms with Crippen LogP contribution in [0, 0.1) is 6.92 Å². The lowest BCUT2D eigenvalue weighted by atomic mass is 10.2. The molecule has 5 heteroatoms. The Morgan fingerprint density at radius 2 is 1.80 bits per heavy atom. The van der Waals surface area contributed by atoms with Crippen molar-refractivity contribution in [2.45, 2.75) is 18.2 Å². The SMILES string of the molecule is Cc1cc(N)cc(S(=O)(=O)NCCc2ccccc2)c1. The summed E-state index contributed by atoms with van der Waals surface area (Å²) < 4.78 is 26.9. The third-order valence-electron chi connectivity index (χ3n) is 2.93. The van der Waals surface area contributed by atoms with Gasteiger partial charge in [-0.05, 0) is 42.7 Å². The molecule has 0 amide bonds. The van der Waals surface area contributed by atoms with Crippen LogP contribution in [0.5, 0.6) is 0 Å². The first-order valence-electron chi connectivity index (χ1n) is 6.38. The van der Waals surface area contributed by atoms with E-state index in [-0.39, 0.29) is 4.90 Å². The molecule has 0 fully saturated rings. The van der Waals surface area contributed by atoms with Gasteiger partial charge in [-0.15, -0.1) is 0 Å². The second-order valence-electron chi connectivity index (χ2n) is 4.71. The molecule has 0 aliphatic carbocycles. The molecule has 0 aliphatic heterocycles. The van der Waals surface area contributed by atoms with Crippen molar-refractivity contribution in [3.05, 3.63) is 59.7 Å². The number of nitrogens with one attached hydrogen (secondary N) is 1. The summed E-state index contributed by atoms with van der Waals surface area (Å²) in [5.74, 6) is 0. The molecule has 0 heterocycles. The Morgan fingerprint density at radius 1 is 1.10 bits per heavy atom. The number of rotatable bonds is 5. The van der Waals surface area contributed by atoms with Crippen molar-refractivity contribution in [1.82, 2.24) is 4.72 Å². The minimum atomic E-state index is -3.51. The van der Waals surface area contributed by atoms with Crippen LogP contribution in [0.15, 0.2) is 53.4 Å². The van der Waals surface area contributed by atoms with E-state index in [0.29, 0.717) is 18.7 Å². The predicted octanol–water partition coefficient (Wildman–Crippen LogP) is 2.10. The third-order valence-corrected chi connectivity index (χ3v) is 4.37. The molecule has 0 atom stereocenters. The van der Waals surface area contributed by atoms with Gasteiger partial charge in [-0.2, -0.15) is 0 Å². The Labute approximate surface area is 119 Å². The number of aryl methyl sites for hydroxylation is 1. The van der Waals surface area contributed by atoms with Crippen LogP contribution in [0.25, 0.3) is 0 Å². The molecule has 106 valence electrons. The first-order valence-corrected chi connectivity index (χ1v) is 7.86. The van der Waals surface area contributed by atoms with Crippen LogP contribution in [-0.2, 0) is 16.4 Å². The second-order valence-corrected chi connectivity index (χ2v) is 6.48. The molecular weight excluding hydrogens is 272 g/mol. The number of sulfonamides is 1. The fraction of sp³-hybridized carbons (Fsp3) is 0.200. The largest absolute Gasteiger partial charge is 0.399 e. The Balaban J connectivity index is 2.04. The summed E-state index contributed by atoms with van der Waals surface area (Å²) in [7, 11) is -3.51. The fourth-order valence-electron chi connectivity index (χ4n) is 1.99. The van der Waals surface area contributed by atoms with Gasteiger partial charge in [-0.3, -0.25) is 0 Å². The summed E-state index contributed by atoms with van der Waals surface area (Å²) in [5.41, 5.74) is 8.06. The van der Waals surface area contributed by atoms with Gasteiger partial charge in [0.2, 0.25) is 10.0 Å². The van der Waals surface area contributed by atoms with Gasteiger partial charge in [-0.1, -0.05) is 30.3 Å². The van der Waals surface area contributed by atoms with Gasteiger partial charge < -0.3 is 5.73 Å². The van der Waals surface area contributed by atoms with Crippen molar-refractivity contribution in [1.29, 1.82) is 0 Å². The standard InChI is InChI=1S/C15H18N2O2S/c1-12-9-14(16)11-15(10-12)20(18,19)17-8-7-13-5-3-2-4-6-13/h2-6,9-11,17H,7-8,16H2,1H3. The minimum Gasteiger partial charge on any atom is -0.399 e. The Morgan fingerprint density at radius 3 is 2.45 bits per heavy atom. The number of hydrogen-bond acceptors (Lipinski definition) is 3. The van der Waals surface area contributed by atoms with E-state index in [2.05, 4.69) is 4.72 Å². The lowest BCUT2D eigenvalue weighted by Gasteiger charge is -2.08. The van der Waals surface area contributed by atoms with Crippen LogP contribution < -0.4 is 10.5 Å². The molecule has 20 heavy (non-hydrogen) atoms. The van der Waals surface area contributed by atoms with Crippen molar-refractivity contribution in [2.75, 3.05) is 12.3 Å². The monoisotopic (exact) mass is 290 g/mol. The van der Waals surface area contributed by atoms with E-state index in [1.54, 1.807) is 12.1 Å². The molecule has 0 unspecified atom stereocenters. The van der Waals surface area contributed by atoms with E-state index in [1.165, 1.54) is 6.07 Å². The van der Waals surface area contributed by atoms with E-state index in [0.717, 1.165) is 11.1 Å². The van der Waals surface area contributed by atoms with Crippen molar-refractivity contribution < 1.29 is 8.42 Å². The fourth-order valence-corrected chi connectivity index (χ4v) is 3.16. The smallest absolute Gasteiger partial charge is 0.240 e. The van der Waals surface area contributed by atoms with Gasteiger partial charge in [0.15, 0.2) is 0 Å². The molecule has 0 bridgehead atoms. The summed E-state index contributed by atoms with van der Waals surface area (Å²) in [6.07, 6.45) is 0.654. The van der Waals surface area contributed by atoms with Crippen LogP contribution in [-0.4, -0.2) is 15.0 Å². The van der Waals surface area contributed by atoms with E-state index >= 15 is 0 Å². The summed E-state index contributed by atoms with van der Waals surface area (Å²) in [5, 5.41) is 0. The van der Waals surface area contributed by atoms with E-state index < -0.39 is 10.0 Å². The molecule has 0 aliphatic rings. The molecule has 0 aromatic heterocycles. The van der Waals surface area contributed by atoms with Gasteiger partial charge >= 0.3 is 0 Å². The molecular formula is C15H18N2O2S. The zero-order valence-corrected chi connectivity index (χ0v) is 12.2. The van der Waals surface area contributed by atoms with E-state index in [9.17, 15) is 8.42 Å². The molecule has 3 N–H and O–H groups in total. The van der Waals surface area contributed by atoms with Gasteiger partial charge in [0.1, 0.15) is 0 Å². The van der Waals surface area contributed by atoms with Crippen molar-refractivity contribution in [3.8, 4) is 0 Å². The lowest BCUT2D eigenvalue weighted by molar-refractivity contribution is 0.581. The maximum absolute atomic E-state index is 12.2. The zero-order chi connectivity index (χ0) is 14.6. The molecule has 2 aromatic rings. The predicted molar refractivity (Wildman–Crippen MR) is 80.9 cm³/mol. The molecule has 4 nitrogen and oxygen atoms in total. The number of benzene rings is 2. The zero-order valence-electron chi connectivity index (χ0n) is 11.3. The van der Waals surface area contributed by atoms with Crippen LogP contribution in [0.1, 0.15) is 11.1 Å². The average Bonchev–Trinajstić information content (AvgIpc) is 2.38. The first-order chi connectivity index (χ1) is 9.47. The van der Waals surface area contributed by atoms with E-state index in [4.69, 9.17) is 5.73 Å². The van der Waals surface area contributed by atoms with Crippen molar-refractivity contribution in [3.63, 3.8) is 0 Å². The normalized spacial score (nSPS) is 11.4. The molecule has 0 radical (unpaired) electrons. The maximum atomic E-state index is 12.2. The van der Waals surface area contributed by atoms with Crippen LogP contribution in [0.3, 0.4) is 0 Å². The number of nitrogens with two attached hydrogens (primary N) is 1. The van der Waals surface area contributed by atoms with Gasteiger partial charge in [0, 0.05) is 12.2 Å².